The minimum absolute atomic E-state index is 0.164. The number of carbonyl (C=O) groups is 1. The zero-order valence-electron chi connectivity index (χ0n) is 8.20. The quantitative estimate of drug-likeness (QED) is 0.644. The molecule has 5 heteroatoms. The second-order valence-electron chi connectivity index (χ2n) is 3.50. The number of thioether (sulfide) groups is 1. The summed E-state index contributed by atoms with van der Waals surface area (Å²) in [7, 11) is 0. The van der Waals surface area contributed by atoms with Gasteiger partial charge in [-0.05, 0) is 0 Å². The normalized spacial score (nSPS) is 28.9. The van der Waals surface area contributed by atoms with E-state index in [1.54, 1.807) is 0 Å². The van der Waals surface area contributed by atoms with Gasteiger partial charge in [-0.3, -0.25) is 4.79 Å². The Kier molecular flexibility index (Phi) is 3.67. The third-order valence-corrected chi connectivity index (χ3v) is 3.47. The van der Waals surface area contributed by atoms with E-state index in [2.05, 4.69) is 5.32 Å². The number of hydrogen-bond donors (Lipinski definition) is 1. The molecule has 1 N–H and O–H groups in total. The van der Waals surface area contributed by atoms with Crippen molar-refractivity contribution in [3.8, 4) is 0 Å². The first-order chi connectivity index (χ1) is 6.88. The van der Waals surface area contributed by atoms with Crippen LogP contribution in [-0.4, -0.2) is 61.2 Å². The molecule has 0 aromatic carbocycles. The van der Waals surface area contributed by atoms with Gasteiger partial charge in [-0.15, -0.1) is 0 Å². The fraction of sp³-hybridized carbons (Fsp3) is 0.889. The molecule has 0 radical (unpaired) electrons. The van der Waals surface area contributed by atoms with E-state index in [9.17, 15) is 4.79 Å². The molecule has 0 aromatic rings. The number of hydrogen-bond acceptors (Lipinski definition) is 4. The summed E-state index contributed by atoms with van der Waals surface area (Å²) in [5.74, 6) is 2.29. The summed E-state index contributed by atoms with van der Waals surface area (Å²) in [5.41, 5.74) is 0. The summed E-state index contributed by atoms with van der Waals surface area (Å²) >= 11 is 1.91. The molecule has 2 rings (SSSR count). The molecule has 0 spiro atoms. The Labute approximate surface area is 88.4 Å². The van der Waals surface area contributed by atoms with E-state index >= 15 is 0 Å². The third-order valence-electron chi connectivity index (χ3n) is 2.53. The Bertz CT molecular complexity index is 181. The molecule has 80 valence electrons. The molecule has 4 nitrogen and oxygen atoms in total. The van der Waals surface area contributed by atoms with E-state index in [0.717, 1.165) is 31.1 Å². The number of morpholine rings is 1. The topological polar surface area (TPSA) is 41.6 Å². The van der Waals surface area contributed by atoms with Crippen LogP contribution in [0.4, 0.5) is 0 Å². The summed E-state index contributed by atoms with van der Waals surface area (Å²) in [6.07, 6.45) is -0.244. The van der Waals surface area contributed by atoms with Crippen molar-refractivity contribution in [3.63, 3.8) is 0 Å². The highest BCUT2D eigenvalue weighted by Crippen LogP contribution is 2.11. The molecule has 0 aromatic heterocycles. The van der Waals surface area contributed by atoms with Crippen molar-refractivity contribution in [3.05, 3.63) is 0 Å². The molecule has 2 aliphatic heterocycles. The largest absolute Gasteiger partial charge is 0.366 e. The highest BCUT2D eigenvalue weighted by molar-refractivity contribution is 7.99. The van der Waals surface area contributed by atoms with Crippen molar-refractivity contribution < 1.29 is 9.53 Å². The molecule has 2 saturated heterocycles. The Hall–Kier alpha value is -0.260. The molecule has 0 aliphatic carbocycles. The van der Waals surface area contributed by atoms with Gasteiger partial charge < -0.3 is 15.0 Å². The minimum Gasteiger partial charge on any atom is -0.366 e. The van der Waals surface area contributed by atoms with Crippen LogP contribution < -0.4 is 5.32 Å². The van der Waals surface area contributed by atoms with Gasteiger partial charge in [-0.1, -0.05) is 0 Å². The van der Waals surface area contributed by atoms with Crippen LogP contribution >= 0.6 is 11.8 Å². The first-order valence-electron chi connectivity index (χ1n) is 5.07. The number of nitrogens with zero attached hydrogens (tertiary/aromatic N) is 1. The SMILES string of the molecule is O=C([C@@H]1CNCCO1)N1CCSCC1. The summed E-state index contributed by atoms with van der Waals surface area (Å²) in [6, 6.07) is 0. The maximum Gasteiger partial charge on any atom is 0.253 e. The van der Waals surface area contributed by atoms with E-state index in [1.807, 2.05) is 16.7 Å². The lowest BCUT2D eigenvalue weighted by Gasteiger charge is -2.31. The first kappa shape index (κ1) is 10.3. The van der Waals surface area contributed by atoms with Crippen LogP contribution in [0.25, 0.3) is 0 Å². The Morgan fingerprint density at radius 2 is 2.21 bits per heavy atom. The Morgan fingerprint density at radius 3 is 2.86 bits per heavy atom. The van der Waals surface area contributed by atoms with Crippen LogP contribution in [0.1, 0.15) is 0 Å². The Balaban J connectivity index is 1.85. The number of rotatable bonds is 1. The van der Waals surface area contributed by atoms with Crippen molar-refractivity contribution in [1.82, 2.24) is 10.2 Å². The molecule has 2 aliphatic rings. The van der Waals surface area contributed by atoms with Crippen LogP contribution in [0.2, 0.25) is 0 Å². The van der Waals surface area contributed by atoms with Gasteiger partial charge in [0.15, 0.2) is 0 Å². The predicted octanol–water partition coefficient (Wildman–Crippen LogP) is -0.450. The average molecular weight is 216 g/mol. The third kappa shape index (κ3) is 2.40. The molecule has 1 amide bonds. The lowest BCUT2D eigenvalue weighted by atomic mass is 10.2. The predicted molar refractivity (Wildman–Crippen MR) is 56.5 cm³/mol. The fourth-order valence-electron chi connectivity index (χ4n) is 1.71. The van der Waals surface area contributed by atoms with Crippen LogP contribution in [0.5, 0.6) is 0 Å². The smallest absolute Gasteiger partial charge is 0.253 e. The zero-order chi connectivity index (χ0) is 9.80. The monoisotopic (exact) mass is 216 g/mol. The van der Waals surface area contributed by atoms with Crippen molar-refractivity contribution in [1.29, 1.82) is 0 Å². The van der Waals surface area contributed by atoms with Gasteiger partial charge in [0.2, 0.25) is 0 Å². The van der Waals surface area contributed by atoms with Gasteiger partial charge in [-0.2, -0.15) is 11.8 Å². The van der Waals surface area contributed by atoms with Gasteiger partial charge in [0.05, 0.1) is 6.61 Å². The van der Waals surface area contributed by atoms with Crippen LogP contribution in [0.15, 0.2) is 0 Å². The Morgan fingerprint density at radius 1 is 1.43 bits per heavy atom. The molecule has 14 heavy (non-hydrogen) atoms. The summed E-state index contributed by atoms with van der Waals surface area (Å²) in [6.45, 7) is 3.94. The molecule has 2 heterocycles. The molecule has 0 bridgehead atoms. The maximum atomic E-state index is 11.9. The highest BCUT2D eigenvalue weighted by Gasteiger charge is 2.27. The maximum absolute atomic E-state index is 11.9. The second-order valence-corrected chi connectivity index (χ2v) is 4.73. The summed E-state index contributed by atoms with van der Waals surface area (Å²) in [4.78, 5) is 13.8. The van der Waals surface area contributed by atoms with Crippen molar-refractivity contribution in [2.24, 2.45) is 0 Å². The highest BCUT2D eigenvalue weighted by atomic mass is 32.2. The van der Waals surface area contributed by atoms with Crippen molar-refractivity contribution in [2.75, 3.05) is 44.3 Å². The van der Waals surface area contributed by atoms with E-state index in [4.69, 9.17) is 4.74 Å². The van der Waals surface area contributed by atoms with Gasteiger partial charge >= 0.3 is 0 Å². The molecule has 0 unspecified atom stereocenters. The van der Waals surface area contributed by atoms with Crippen molar-refractivity contribution >= 4 is 17.7 Å². The second kappa shape index (κ2) is 5.00. The van der Waals surface area contributed by atoms with Crippen molar-refractivity contribution in [2.45, 2.75) is 6.10 Å². The zero-order valence-corrected chi connectivity index (χ0v) is 9.02. The average Bonchev–Trinajstić information content (AvgIpc) is 2.30. The standard InChI is InChI=1S/C9H16N2O2S/c12-9(8-7-10-1-4-13-8)11-2-5-14-6-3-11/h8,10H,1-7H2/t8-/m0/s1. The molecule has 2 fully saturated rings. The van der Waals surface area contributed by atoms with Crippen LogP contribution in [-0.2, 0) is 9.53 Å². The minimum atomic E-state index is -0.244. The van der Waals surface area contributed by atoms with E-state index in [-0.39, 0.29) is 12.0 Å². The fourth-order valence-corrected chi connectivity index (χ4v) is 2.61. The van der Waals surface area contributed by atoms with Gasteiger partial charge in [-0.25, -0.2) is 0 Å². The number of nitrogens with one attached hydrogen (secondary N) is 1. The van der Waals surface area contributed by atoms with Gasteiger partial charge in [0.1, 0.15) is 6.10 Å². The molecular weight excluding hydrogens is 200 g/mol. The van der Waals surface area contributed by atoms with E-state index in [1.165, 1.54) is 0 Å². The first-order valence-corrected chi connectivity index (χ1v) is 6.22. The van der Waals surface area contributed by atoms with Crippen LogP contribution in [0.3, 0.4) is 0 Å². The van der Waals surface area contributed by atoms with E-state index < -0.39 is 0 Å². The lowest BCUT2D eigenvalue weighted by molar-refractivity contribution is -0.144. The summed E-state index contributed by atoms with van der Waals surface area (Å²) < 4.78 is 5.43. The molecular formula is C9H16N2O2S. The number of ether oxygens (including phenoxy) is 1. The lowest BCUT2D eigenvalue weighted by Crippen LogP contribution is -2.51. The van der Waals surface area contributed by atoms with Crippen LogP contribution in [0, 0.1) is 0 Å². The number of carbonyl (C=O) groups excluding carboxylic acids is 1. The van der Waals surface area contributed by atoms with E-state index in [0.29, 0.717) is 13.2 Å². The molecule has 0 saturated carbocycles. The number of amides is 1. The molecule has 1 atom stereocenters. The van der Waals surface area contributed by atoms with Gasteiger partial charge in [0, 0.05) is 37.7 Å². The summed E-state index contributed by atoms with van der Waals surface area (Å²) in [5, 5.41) is 3.18. The van der Waals surface area contributed by atoms with Gasteiger partial charge in [0.25, 0.3) is 5.91 Å².